The first-order chi connectivity index (χ1) is 14.6. The average molecular weight is 417 g/mol. The third-order valence-electron chi connectivity index (χ3n) is 4.66. The van der Waals surface area contributed by atoms with E-state index in [1.165, 1.54) is 0 Å². The molecule has 0 fully saturated rings. The summed E-state index contributed by atoms with van der Waals surface area (Å²) < 4.78 is 5.33. The number of para-hydroxylation sites is 1. The van der Waals surface area contributed by atoms with Crippen LogP contribution in [0.1, 0.15) is 32.5 Å². The third kappa shape index (κ3) is 4.39. The number of esters is 1. The first-order valence-corrected chi connectivity index (χ1v) is 10.4. The molecule has 0 saturated heterocycles. The molecule has 4 aromatic rings. The molecule has 0 bridgehead atoms. The van der Waals surface area contributed by atoms with Crippen molar-refractivity contribution in [2.24, 2.45) is 0 Å². The largest absolute Gasteiger partial charge is 0.452 e. The van der Waals surface area contributed by atoms with E-state index in [-0.39, 0.29) is 18.6 Å². The van der Waals surface area contributed by atoms with Gasteiger partial charge in [0, 0.05) is 16.0 Å². The fraction of sp³-hybridized carbons (Fsp3) is 0.125. The number of amides is 1. The highest BCUT2D eigenvalue weighted by Crippen LogP contribution is 2.26. The quantitative estimate of drug-likeness (QED) is 0.464. The molecule has 4 rings (SSSR count). The van der Waals surface area contributed by atoms with E-state index in [4.69, 9.17) is 4.74 Å². The Morgan fingerprint density at radius 1 is 1.03 bits per heavy atom. The lowest BCUT2D eigenvalue weighted by Crippen LogP contribution is -2.32. The third-order valence-corrected chi connectivity index (χ3v) is 5.60. The molecule has 0 aliphatic rings. The Morgan fingerprint density at radius 2 is 1.80 bits per heavy atom. The molecule has 0 radical (unpaired) electrons. The Morgan fingerprint density at radius 3 is 2.57 bits per heavy atom. The van der Waals surface area contributed by atoms with E-state index in [1.807, 2.05) is 79.0 Å². The first-order valence-electron chi connectivity index (χ1n) is 9.53. The van der Waals surface area contributed by atoms with Crippen LogP contribution in [0.5, 0.6) is 0 Å². The van der Waals surface area contributed by atoms with Crippen LogP contribution >= 0.6 is 11.3 Å². The highest BCUT2D eigenvalue weighted by atomic mass is 32.1. The fourth-order valence-electron chi connectivity index (χ4n) is 3.31. The number of hydrogen-bond acceptors (Lipinski definition) is 5. The minimum Gasteiger partial charge on any atom is -0.452 e. The van der Waals surface area contributed by atoms with Gasteiger partial charge in [-0.05, 0) is 36.1 Å². The number of ether oxygens (including phenoxy) is 1. The predicted molar refractivity (Wildman–Crippen MR) is 118 cm³/mol. The molecule has 0 unspecified atom stereocenters. The SMILES string of the molecule is Cc1cc(C(=O)OCC(=O)N[C@H](c2ccccc2)c2cccs2)c2ccccc2n1. The number of nitrogens with zero attached hydrogens (tertiary/aromatic N) is 1. The van der Waals surface area contributed by atoms with Crippen LogP contribution in [0.25, 0.3) is 10.9 Å². The van der Waals surface area contributed by atoms with Gasteiger partial charge >= 0.3 is 5.97 Å². The average Bonchev–Trinajstić information content (AvgIpc) is 3.30. The fourth-order valence-corrected chi connectivity index (χ4v) is 4.11. The topological polar surface area (TPSA) is 68.3 Å². The van der Waals surface area contributed by atoms with Crippen LogP contribution in [0.4, 0.5) is 0 Å². The number of carbonyl (C=O) groups excluding carboxylic acids is 2. The minimum atomic E-state index is -0.542. The molecule has 1 amide bonds. The number of aromatic nitrogens is 1. The molecule has 2 aromatic heterocycles. The van der Waals surface area contributed by atoms with E-state index in [9.17, 15) is 9.59 Å². The van der Waals surface area contributed by atoms with Crippen molar-refractivity contribution >= 4 is 34.1 Å². The maximum atomic E-state index is 12.7. The molecule has 0 aliphatic heterocycles. The number of hydrogen-bond donors (Lipinski definition) is 1. The van der Waals surface area contributed by atoms with Crippen LogP contribution in [0.2, 0.25) is 0 Å². The molecule has 150 valence electrons. The standard InChI is InChI=1S/C24H20N2O3S/c1-16-14-19(18-10-5-6-11-20(18)25-16)24(28)29-15-22(27)26-23(21-12-7-13-30-21)17-8-3-2-4-9-17/h2-14,23H,15H2,1H3,(H,26,27)/t23-/m1/s1. The van der Waals surface area contributed by atoms with Crippen molar-refractivity contribution in [3.63, 3.8) is 0 Å². The van der Waals surface area contributed by atoms with Gasteiger partial charge in [0.2, 0.25) is 0 Å². The molecule has 2 aromatic carbocycles. The summed E-state index contributed by atoms with van der Waals surface area (Å²) in [5.41, 5.74) is 2.81. The zero-order valence-electron chi connectivity index (χ0n) is 16.4. The van der Waals surface area contributed by atoms with Crippen molar-refractivity contribution in [3.05, 3.63) is 99.9 Å². The highest BCUT2D eigenvalue weighted by Gasteiger charge is 2.20. The number of nitrogens with one attached hydrogen (secondary N) is 1. The lowest BCUT2D eigenvalue weighted by molar-refractivity contribution is -0.124. The van der Waals surface area contributed by atoms with Gasteiger partial charge in [0.25, 0.3) is 5.91 Å². The van der Waals surface area contributed by atoms with Crippen LogP contribution in [0.15, 0.2) is 78.2 Å². The smallest absolute Gasteiger partial charge is 0.339 e. The molecule has 1 atom stereocenters. The summed E-state index contributed by atoms with van der Waals surface area (Å²) in [6.07, 6.45) is 0. The monoisotopic (exact) mass is 416 g/mol. The van der Waals surface area contributed by atoms with Crippen molar-refractivity contribution in [3.8, 4) is 0 Å². The van der Waals surface area contributed by atoms with E-state index in [0.29, 0.717) is 16.6 Å². The number of rotatable bonds is 6. The van der Waals surface area contributed by atoms with Gasteiger partial charge in [0.1, 0.15) is 0 Å². The molecular weight excluding hydrogens is 396 g/mol. The molecule has 0 saturated carbocycles. The molecule has 1 N–H and O–H groups in total. The minimum absolute atomic E-state index is 0.290. The maximum absolute atomic E-state index is 12.7. The molecule has 0 aliphatic carbocycles. The van der Waals surface area contributed by atoms with Crippen molar-refractivity contribution in [1.82, 2.24) is 10.3 Å². The van der Waals surface area contributed by atoms with Gasteiger partial charge < -0.3 is 10.1 Å². The zero-order chi connectivity index (χ0) is 20.9. The number of thiophene rings is 1. The van der Waals surface area contributed by atoms with Gasteiger partial charge in [0.15, 0.2) is 6.61 Å². The predicted octanol–water partition coefficient (Wildman–Crippen LogP) is 4.67. The van der Waals surface area contributed by atoms with Crippen LogP contribution in [-0.2, 0) is 9.53 Å². The van der Waals surface area contributed by atoms with Crippen molar-refractivity contribution < 1.29 is 14.3 Å². The van der Waals surface area contributed by atoms with Gasteiger partial charge in [-0.15, -0.1) is 11.3 Å². The summed E-state index contributed by atoms with van der Waals surface area (Å²) in [6, 6.07) is 22.4. The Kier molecular flexibility index (Phi) is 5.86. The Balaban J connectivity index is 1.47. The molecule has 2 heterocycles. The highest BCUT2D eigenvalue weighted by molar-refractivity contribution is 7.10. The summed E-state index contributed by atoms with van der Waals surface area (Å²) >= 11 is 1.56. The molecule has 5 nitrogen and oxygen atoms in total. The number of carbonyl (C=O) groups is 2. The molecular formula is C24H20N2O3S. The molecule has 0 spiro atoms. The summed E-state index contributed by atoms with van der Waals surface area (Å²) in [7, 11) is 0. The van der Waals surface area contributed by atoms with Crippen LogP contribution < -0.4 is 5.32 Å². The van der Waals surface area contributed by atoms with Crippen molar-refractivity contribution in [1.29, 1.82) is 0 Å². The second kappa shape index (κ2) is 8.88. The summed E-state index contributed by atoms with van der Waals surface area (Å²) in [5, 5.41) is 5.64. The van der Waals surface area contributed by atoms with E-state index in [2.05, 4.69) is 10.3 Å². The molecule has 30 heavy (non-hydrogen) atoms. The lowest BCUT2D eigenvalue weighted by atomic mass is 10.1. The normalized spacial score (nSPS) is 11.8. The maximum Gasteiger partial charge on any atom is 0.339 e. The van der Waals surface area contributed by atoms with Crippen LogP contribution in [0, 0.1) is 6.92 Å². The Labute approximate surface area is 178 Å². The van der Waals surface area contributed by atoms with Crippen LogP contribution in [0.3, 0.4) is 0 Å². The number of fused-ring (bicyclic) bond motifs is 1. The van der Waals surface area contributed by atoms with E-state index >= 15 is 0 Å². The summed E-state index contributed by atoms with van der Waals surface area (Å²) in [4.78, 5) is 30.7. The Bertz CT molecular complexity index is 1170. The lowest BCUT2D eigenvalue weighted by Gasteiger charge is -2.18. The first kappa shape index (κ1) is 19.8. The number of pyridine rings is 1. The van der Waals surface area contributed by atoms with E-state index < -0.39 is 5.97 Å². The van der Waals surface area contributed by atoms with Gasteiger partial charge in [0.05, 0.1) is 17.1 Å². The Hall–Kier alpha value is -3.51. The van der Waals surface area contributed by atoms with Gasteiger partial charge in [-0.2, -0.15) is 0 Å². The summed E-state index contributed by atoms with van der Waals surface area (Å²) in [6.45, 7) is 1.46. The zero-order valence-corrected chi connectivity index (χ0v) is 17.2. The molecule has 6 heteroatoms. The van der Waals surface area contributed by atoms with Gasteiger partial charge in [-0.25, -0.2) is 4.79 Å². The van der Waals surface area contributed by atoms with Crippen molar-refractivity contribution in [2.45, 2.75) is 13.0 Å². The number of benzene rings is 2. The van der Waals surface area contributed by atoms with E-state index in [0.717, 1.165) is 16.0 Å². The second-order valence-electron chi connectivity index (χ2n) is 6.83. The van der Waals surface area contributed by atoms with Crippen molar-refractivity contribution in [2.75, 3.05) is 6.61 Å². The van der Waals surface area contributed by atoms with Crippen LogP contribution in [-0.4, -0.2) is 23.5 Å². The summed E-state index contributed by atoms with van der Waals surface area (Å²) in [5.74, 6) is -0.903. The van der Waals surface area contributed by atoms with E-state index in [1.54, 1.807) is 17.4 Å². The van der Waals surface area contributed by atoms with Gasteiger partial charge in [-0.3, -0.25) is 9.78 Å². The number of aryl methyl sites for hydroxylation is 1. The second-order valence-corrected chi connectivity index (χ2v) is 7.81. The van der Waals surface area contributed by atoms with Gasteiger partial charge in [-0.1, -0.05) is 54.6 Å².